The fourth-order valence-electron chi connectivity index (χ4n) is 2.45. The SMILES string of the molecule is CCc1sc(C(=O)NC2CCNCC2C)cc1C.Cl. The summed E-state index contributed by atoms with van der Waals surface area (Å²) < 4.78 is 0. The van der Waals surface area contributed by atoms with Gasteiger partial charge in [-0.05, 0) is 50.4 Å². The Hall–Kier alpha value is -0.580. The first-order valence-electron chi connectivity index (χ1n) is 6.72. The van der Waals surface area contributed by atoms with Gasteiger partial charge >= 0.3 is 0 Å². The minimum absolute atomic E-state index is 0. The smallest absolute Gasteiger partial charge is 0.261 e. The van der Waals surface area contributed by atoms with E-state index in [0.717, 1.165) is 30.8 Å². The average Bonchev–Trinajstić information content (AvgIpc) is 2.73. The molecule has 2 rings (SSSR count). The number of hydrogen-bond donors (Lipinski definition) is 2. The highest BCUT2D eigenvalue weighted by molar-refractivity contribution is 7.14. The van der Waals surface area contributed by atoms with Crippen LogP contribution in [0.4, 0.5) is 0 Å². The van der Waals surface area contributed by atoms with Gasteiger partial charge in [0.15, 0.2) is 0 Å². The molecule has 0 radical (unpaired) electrons. The molecule has 19 heavy (non-hydrogen) atoms. The predicted octanol–water partition coefficient (Wildman–Crippen LogP) is 2.77. The van der Waals surface area contributed by atoms with Crippen molar-refractivity contribution < 1.29 is 4.79 Å². The molecule has 1 aliphatic rings. The maximum absolute atomic E-state index is 12.2. The molecular weight excluding hydrogens is 280 g/mol. The summed E-state index contributed by atoms with van der Waals surface area (Å²) in [5.41, 5.74) is 1.24. The van der Waals surface area contributed by atoms with Crippen LogP contribution in [0.2, 0.25) is 0 Å². The average molecular weight is 303 g/mol. The minimum Gasteiger partial charge on any atom is -0.348 e. The molecule has 3 nitrogen and oxygen atoms in total. The number of thiophene rings is 1. The largest absolute Gasteiger partial charge is 0.348 e. The molecule has 0 aromatic carbocycles. The molecule has 0 saturated carbocycles. The van der Waals surface area contributed by atoms with Crippen LogP contribution >= 0.6 is 23.7 Å². The van der Waals surface area contributed by atoms with Gasteiger partial charge in [0, 0.05) is 10.9 Å². The molecular formula is C14H23ClN2OS. The van der Waals surface area contributed by atoms with Gasteiger partial charge in [-0.25, -0.2) is 0 Å². The van der Waals surface area contributed by atoms with Gasteiger partial charge in [0.25, 0.3) is 5.91 Å². The Morgan fingerprint density at radius 1 is 1.58 bits per heavy atom. The summed E-state index contributed by atoms with van der Waals surface area (Å²) in [7, 11) is 0. The molecule has 0 spiro atoms. The Balaban J connectivity index is 0.00000180. The Kier molecular flexibility index (Phi) is 6.30. The standard InChI is InChI=1S/C14H22N2OS.ClH/c1-4-12-9(2)7-13(18-12)14(17)16-11-5-6-15-8-10(11)3;/h7,10-11,15H,4-6,8H2,1-3H3,(H,16,17);1H. The zero-order valence-corrected chi connectivity index (χ0v) is 13.4. The van der Waals surface area contributed by atoms with Crippen LogP contribution in [0.3, 0.4) is 0 Å². The summed E-state index contributed by atoms with van der Waals surface area (Å²) in [6.45, 7) is 8.40. The van der Waals surface area contributed by atoms with E-state index in [-0.39, 0.29) is 18.3 Å². The molecule has 1 fully saturated rings. The first-order valence-corrected chi connectivity index (χ1v) is 7.54. The van der Waals surface area contributed by atoms with Gasteiger partial charge in [-0.3, -0.25) is 4.79 Å². The summed E-state index contributed by atoms with van der Waals surface area (Å²) in [5.74, 6) is 0.607. The first kappa shape index (κ1) is 16.5. The molecule has 1 saturated heterocycles. The third kappa shape index (κ3) is 3.94. The van der Waals surface area contributed by atoms with Crippen molar-refractivity contribution in [3.8, 4) is 0 Å². The van der Waals surface area contributed by atoms with Crippen LogP contribution in [0.5, 0.6) is 0 Å². The molecule has 2 heterocycles. The number of amides is 1. The molecule has 0 bridgehead atoms. The van der Waals surface area contributed by atoms with Crippen molar-refractivity contribution in [1.82, 2.24) is 10.6 Å². The van der Waals surface area contributed by atoms with E-state index in [4.69, 9.17) is 0 Å². The Bertz CT molecular complexity index is 433. The van der Waals surface area contributed by atoms with E-state index < -0.39 is 0 Å². The van der Waals surface area contributed by atoms with Crippen molar-refractivity contribution in [2.45, 2.75) is 39.7 Å². The highest BCUT2D eigenvalue weighted by Crippen LogP contribution is 2.23. The topological polar surface area (TPSA) is 41.1 Å². The lowest BCUT2D eigenvalue weighted by Crippen LogP contribution is -2.48. The molecule has 1 aromatic heterocycles. The lowest BCUT2D eigenvalue weighted by atomic mass is 9.95. The van der Waals surface area contributed by atoms with E-state index in [1.807, 2.05) is 6.07 Å². The van der Waals surface area contributed by atoms with Crippen LogP contribution in [0.15, 0.2) is 6.07 Å². The lowest BCUT2D eigenvalue weighted by Gasteiger charge is -2.30. The third-order valence-corrected chi connectivity index (χ3v) is 5.05. The summed E-state index contributed by atoms with van der Waals surface area (Å²) >= 11 is 1.63. The fraction of sp³-hybridized carbons (Fsp3) is 0.643. The molecule has 0 aliphatic carbocycles. The van der Waals surface area contributed by atoms with Crippen molar-refractivity contribution >= 4 is 29.7 Å². The number of halogens is 1. The Labute approximate surface area is 125 Å². The normalized spacial score (nSPS) is 22.7. The number of rotatable bonds is 3. The van der Waals surface area contributed by atoms with Gasteiger partial charge in [-0.2, -0.15) is 0 Å². The quantitative estimate of drug-likeness (QED) is 0.901. The monoisotopic (exact) mass is 302 g/mol. The van der Waals surface area contributed by atoms with Crippen molar-refractivity contribution in [2.75, 3.05) is 13.1 Å². The van der Waals surface area contributed by atoms with Crippen LogP contribution in [-0.4, -0.2) is 25.0 Å². The minimum atomic E-state index is 0. The highest BCUT2D eigenvalue weighted by Gasteiger charge is 2.23. The summed E-state index contributed by atoms with van der Waals surface area (Å²) in [4.78, 5) is 14.4. The van der Waals surface area contributed by atoms with Crippen LogP contribution in [0, 0.1) is 12.8 Å². The maximum atomic E-state index is 12.2. The van der Waals surface area contributed by atoms with Crippen molar-refractivity contribution in [3.63, 3.8) is 0 Å². The van der Waals surface area contributed by atoms with Gasteiger partial charge in [-0.15, -0.1) is 23.7 Å². The van der Waals surface area contributed by atoms with Crippen molar-refractivity contribution in [2.24, 2.45) is 5.92 Å². The molecule has 2 unspecified atom stereocenters. The van der Waals surface area contributed by atoms with E-state index in [9.17, 15) is 4.79 Å². The molecule has 1 amide bonds. The molecule has 2 N–H and O–H groups in total. The van der Waals surface area contributed by atoms with Crippen molar-refractivity contribution in [3.05, 3.63) is 21.4 Å². The summed E-state index contributed by atoms with van der Waals surface area (Å²) in [6.07, 6.45) is 2.03. The fourth-order valence-corrected chi connectivity index (χ4v) is 3.47. The molecule has 1 aliphatic heterocycles. The van der Waals surface area contributed by atoms with E-state index >= 15 is 0 Å². The number of nitrogens with one attached hydrogen (secondary N) is 2. The number of aryl methyl sites for hydroxylation is 2. The molecule has 108 valence electrons. The van der Waals surface area contributed by atoms with Crippen LogP contribution in [0.25, 0.3) is 0 Å². The number of carbonyl (C=O) groups excluding carboxylic acids is 1. The van der Waals surface area contributed by atoms with Gasteiger partial charge in [0.1, 0.15) is 0 Å². The predicted molar refractivity (Wildman–Crippen MR) is 83.6 cm³/mol. The van der Waals surface area contributed by atoms with Gasteiger partial charge < -0.3 is 10.6 Å². The Morgan fingerprint density at radius 3 is 2.89 bits per heavy atom. The number of carbonyl (C=O) groups is 1. The van der Waals surface area contributed by atoms with Crippen LogP contribution < -0.4 is 10.6 Å². The van der Waals surface area contributed by atoms with Gasteiger partial charge in [0.05, 0.1) is 4.88 Å². The first-order chi connectivity index (χ1) is 8.61. The number of piperidine rings is 1. The van der Waals surface area contributed by atoms with Crippen LogP contribution in [-0.2, 0) is 6.42 Å². The van der Waals surface area contributed by atoms with Crippen LogP contribution in [0.1, 0.15) is 40.4 Å². The van der Waals surface area contributed by atoms with E-state index in [1.165, 1.54) is 10.4 Å². The van der Waals surface area contributed by atoms with E-state index in [0.29, 0.717) is 12.0 Å². The zero-order valence-electron chi connectivity index (χ0n) is 11.8. The van der Waals surface area contributed by atoms with E-state index in [1.54, 1.807) is 11.3 Å². The third-order valence-electron chi connectivity index (χ3n) is 3.67. The van der Waals surface area contributed by atoms with E-state index in [2.05, 4.69) is 31.4 Å². The van der Waals surface area contributed by atoms with Gasteiger partial charge in [0.2, 0.25) is 0 Å². The molecule has 1 aromatic rings. The second-order valence-corrected chi connectivity index (χ2v) is 6.26. The molecule has 2 atom stereocenters. The lowest BCUT2D eigenvalue weighted by molar-refractivity contribution is 0.0918. The molecule has 5 heteroatoms. The van der Waals surface area contributed by atoms with Gasteiger partial charge in [-0.1, -0.05) is 13.8 Å². The zero-order chi connectivity index (χ0) is 13.1. The summed E-state index contributed by atoms with van der Waals surface area (Å²) in [5, 5.41) is 6.53. The maximum Gasteiger partial charge on any atom is 0.261 e. The van der Waals surface area contributed by atoms with Crippen molar-refractivity contribution in [1.29, 1.82) is 0 Å². The second kappa shape index (κ2) is 7.27. The second-order valence-electron chi connectivity index (χ2n) is 5.12. The summed E-state index contributed by atoms with van der Waals surface area (Å²) in [6, 6.07) is 2.33. The number of hydrogen-bond acceptors (Lipinski definition) is 3. The highest BCUT2D eigenvalue weighted by atomic mass is 35.5. The Morgan fingerprint density at radius 2 is 2.32 bits per heavy atom.